The maximum Gasteiger partial charge on any atom is 0.0840 e. The maximum absolute atomic E-state index is 6.72. The van der Waals surface area contributed by atoms with Crippen molar-refractivity contribution in [1.29, 1.82) is 0 Å². The van der Waals surface area contributed by atoms with Gasteiger partial charge < -0.3 is 0 Å². The SMILES string of the molecule is Cc1cc(C(Cl)c2cccc(C)c2C)c(C)cc1Br. The van der Waals surface area contributed by atoms with Crippen molar-refractivity contribution < 1.29 is 0 Å². The summed E-state index contributed by atoms with van der Waals surface area (Å²) in [5.41, 5.74) is 7.40. The second-order valence-corrected chi connectivity index (χ2v) is 6.40. The predicted molar refractivity (Wildman–Crippen MR) is 87.2 cm³/mol. The van der Waals surface area contributed by atoms with Gasteiger partial charge in [-0.05, 0) is 67.1 Å². The Kier molecular flexibility index (Phi) is 4.37. The van der Waals surface area contributed by atoms with Crippen LogP contribution in [0.2, 0.25) is 0 Å². The molecule has 2 rings (SSSR count). The Labute approximate surface area is 128 Å². The van der Waals surface area contributed by atoms with Gasteiger partial charge in [0.1, 0.15) is 0 Å². The molecule has 0 aliphatic heterocycles. The molecule has 0 saturated heterocycles. The summed E-state index contributed by atoms with van der Waals surface area (Å²) < 4.78 is 1.14. The lowest BCUT2D eigenvalue weighted by atomic mass is 9.94. The monoisotopic (exact) mass is 336 g/mol. The van der Waals surface area contributed by atoms with E-state index >= 15 is 0 Å². The third kappa shape index (κ3) is 2.88. The van der Waals surface area contributed by atoms with Crippen LogP contribution in [0.5, 0.6) is 0 Å². The highest BCUT2D eigenvalue weighted by Crippen LogP contribution is 2.35. The van der Waals surface area contributed by atoms with Gasteiger partial charge in [-0.15, -0.1) is 11.6 Å². The molecule has 0 radical (unpaired) electrons. The molecule has 0 aromatic heterocycles. The van der Waals surface area contributed by atoms with Crippen molar-refractivity contribution in [2.75, 3.05) is 0 Å². The number of hydrogen-bond donors (Lipinski definition) is 0. The van der Waals surface area contributed by atoms with Crippen molar-refractivity contribution in [3.63, 3.8) is 0 Å². The quantitative estimate of drug-likeness (QED) is 0.589. The number of halogens is 2. The molecule has 0 aliphatic carbocycles. The van der Waals surface area contributed by atoms with E-state index in [9.17, 15) is 0 Å². The van der Waals surface area contributed by atoms with Gasteiger partial charge in [0.2, 0.25) is 0 Å². The highest BCUT2D eigenvalue weighted by atomic mass is 79.9. The first-order valence-electron chi connectivity index (χ1n) is 6.38. The van der Waals surface area contributed by atoms with Gasteiger partial charge in [0.15, 0.2) is 0 Å². The summed E-state index contributed by atoms with van der Waals surface area (Å²) in [5.74, 6) is 0. The zero-order chi connectivity index (χ0) is 14.2. The highest BCUT2D eigenvalue weighted by molar-refractivity contribution is 9.10. The highest BCUT2D eigenvalue weighted by Gasteiger charge is 2.17. The standard InChI is InChI=1S/C17H18BrCl/c1-10-6-5-7-14(13(10)4)17(19)15-8-12(3)16(18)9-11(15)2/h5-9,17H,1-4H3. The van der Waals surface area contributed by atoms with Gasteiger partial charge in [-0.1, -0.05) is 40.2 Å². The molecule has 2 aromatic carbocycles. The summed E-state index contributed by atoms with van der Waals surface area (Å²) >= 11 is 10.3. The van der Waals surface area contributed by atoms with Crippen molar-refractivity contribution in [2.45, 2.75) is 33.1 Å². The van der Waals surface area contributed by atoms with Crippen molar-refractivity contribution in [1.82, 2.24) is 0 Å². The van der Waals surface area contributed by atoms with E-state index < -0.39 is 0 Å². The van der Waals surface area contributed by atoms with Crippen LogP contribution in [0.3, 0.4) is 0 Å². The summed E-state index contributed by atoms with van der Waals surface area (Å²) in [5, 5.41) is -0.0910. The smallest absolute Gasteiger partial charge is 0.0840 e. The minimum Gasteiger partial charge on any atom is -0.113 e. The van der Waals surface area contributed by atoms with Crippen molar-refractivity contribution in [2.24, 2.45) is 0 Å². The van der Waals surface area contributed by atoms with Crippen LogP contribution in [-0.2, 0) is 0 Å². The molecule has 0 heterocycles. The van der Waals surface area contributed by atoms with E-state index in [0.717, 1.165) is 4.47 Å². The molecule has 2 aromatic rings. The summed E-state index contributed by atoms with van der Waals surface area (Å²) in [7, 11) is 0. The van der Waals surface area contributed by atoms with Crippen LogP contribution in [-0.4, -0.2) is 0 Å². The lowest BCUT2D eigenvalue weighted by Crippen LogP contribution is -2.01. The molecule has 0 bridgehead atoms. The summed E-state index contributed by atoms with van der Waals surface area (Å²) in [6.07, 6.45) is 0. The molecule has 0 nitrogen and oxygen atoms in total. The Balaban J connectivity index is 2.53. The average molecular weight is 338 g/mol. The summed E-state index contributed by atoms with van der Waals surface area (Å²) in [6, 6.07) is 10.6. The summed E-state index contributed by atoms with van der Waals surface area (Å²) in [4.78, 5) is 0. The fourth-order valence-electron chi connectivity index (χ4n) is 2.29. The Morgan fingerprint density at radius 2 is 1.58 bits per heavy atom. The lowest BCUT2D eigenvalue weighted by molar-refractivity contribution is 1.07. The molecule has 0 aliphatic rings. The maximum atomic E-state index is 6.72. The molecule has 19 heavy (non-hydrogen) atoms. The summed E-state index contributed by atoms with van der Waals surface area (Å²) in [6.45, 7) is 8.48. The topological polar surface area (TPSA) is 0 Å². The van der Waals surface area contributed by atoms with Crippen LogP contribution in [0.1, 0.15) is 38.8 Å². The van der Waals surface area contributed by atoms with Gasteiger partial charge in [0, 0.05) is 4.47 Å². The second-order valence-electron chi connectivity index (χ2n) is 5.11. The van der Waals surface area contributed by atoms with Gasteiger partial charge in [-0.2, -0.15) is 0 Å². The third-order valence-electron chi connectivity index (χ3n) is 3.74. The van der Waals surface area contributed by atoms with Gasteiger partial charge in [0.25, 0.3) is 0 Å². The van der Waals surface area contributed by atoms with Gasteiger partial charge in [0.05, 0.1) is 5.38 Å². The zero-order valence-corrected chi connectivity index (χ0v) is 14.1. The Bertz CT molecular complexity index is 617. The fourth-order valence-corrected chi connectivity index (χ4v) is 3.22. The van der Waals surface area contributed by atoms with E-state index in [0.29, 0.717) is 0 Å². The number of aryl methyl sites for hydroxylation is 3. The molecular weight excluding hydrogens is 320 g/mol. The van der Waals surface area contributed by atoms with Crippen molar-refractivity contribution in [3.05, 3.63) is 68.2 Å². The first kappa shape index (κ1) is 14.6. The molecule has 1 unspecified atom stereocenters. The van der Waals surface area contributed by atoms with E-state index in [1.165, 1.54) is 33.4 Å². The van der Waals surface area contributed by atoms with Crippen LogP contribution in [0.25, 0.3) is 0 Å². The number of alkyl halides is 1. The van der Waals surface area contributed by atoms with Gasteiger partial charge in [-0.3, -0.25) is 0 Å². The largest absolute Gasteiger partial charge is 0.113 e. The molecule has 1 atom stereocenters. The molecule has 0 spiro atoms. The van der Waals surface area contributed by atoms with Gasteiger partial charge in [-0.25, -0.2) is 0 Å². The fraction of sp³-hybridized carbons (Fsp3) is 0.294. The minimum absolute atomic E-state index is 0.0910. The molecule has 0 N–H and O–H groups in total. The molecular formula is C17H18BrCl. The van der Waals surface area contributed by atoms with Crippen LogP contribution in [0.4, 0.5) is 0 Å². The van der Waals surface area contributed by atoms with E-state index in [1.54, 1.807) is 0 Å². The average Bonchev–Trinajstić information content (AvgIpc) is 2.36. The van der Waals surface area contributed by atoms with E-state index in [-0.39, 0.29) is 5.38 Å². The van der Waals surface area contributed by atoms with Crippen LogP contribution < -0.4 is 0 Å². The molecule has 2 heteroatoms. The molecule has 0 fully saturated rings. The number of rotatable bonds is 2. The Morgan fingerprint density at radius 1 is 0.895 bits per heavy atom. The first-order valence-corrected chi connectivity index (χ1v) is 7.61. The number of hydrogen-bond acceptors (Lipinski definition) is 0. The Hall–Kier alpha value is -0.790. The third-order valence-corrected chi connectivity index (χ3v) is 5.06. The lowest BCUT2D eigenvalue weighted by Gasteiger charge is -2.18. The molecule has 100 valence electrons. The Morgan fingerprint density at radius 3 is 2.26 bits per heavy atom. The van der Waals surface area contributed by atoms with Crippen molar-refractivity contribution in [3.8, 4) is 0 Å². The number of benzene rings is 2. The van der Waals surface area contributed by atoms with Crippen LogP contribution >= 0.6 is 27.5 Å². The normalized spacial score (nSPS) is 12.5. The van der Waals surface area contributed by atoms with Crippen LogP contribution in [0, 0.1) is 27.7 Å². The minimum atomic E-state index is -0.0910. The zero-order valence-electron chi connectivity index (χ0n) is 11.7. The van der Waals surface area contributed by atoms with Gasteiger partial charge >= 0.3 is 0 Å². The van der Waals surface area contributed by atoms with E-state index in [1.807, 2.05) is 0 Å². The predicted octanol–water partition coefficient (Wildman–Crippen LogP) is 6.01. The van der Waals surface area contributed by atoms with Crippen LogP contribution in [0.15, 0.2) is 34.8 Å². The second kappa shape index (κ2) is 5.68. The van der Waals surface area contributed by atoms with E-state index in [4.69, 9.17) is 11.6 Å². The molecule has 0 saturated carbocycles. The first-order chi connectivity index (χ1) is 8.91. The van der Waals surface area contributed by atoms with Crippen molar-refractivity contribution >= 4 is 27.5 Å². The molecule has 0 amide bonds. The van der Waals surface area contributed by atoms with E-state index in [2.05, 4.69) is 74.0 Å².